The summed E-state index contributed by atoms with van der Waals surface area (Å²) in [6.07, 6.45) is 8.45. The highest BCUT2D eigenvalue weighted by atomic mass is 16.6. The van der Waals surface area contributed by atoms with Crippen LogP contribution < -0.4 is 9.47 Å². The number of unbranched alkanes of at least 4 members (excludes halogenated alkanes) is 3. The van der Waals surface area contributed by atoms with E-state index in [4.69, 9.17) is 14.2 Å². The van der Waals surface area contributed by atoms with E-state index in [1.807, 2.05) is 42.5 Å². The molecule has 3 rings (SSSR count). The molecule has 1 aliphatic carbocycles. The summed E-state index contributed by atoms with van der Waals surface area (Å²) < 4.78 is 17.1. The van der Waals surface area contributed by atoms with E-state index in [1.54, 1.807) is 0 Å². The van der Waals surface area contributed by atoms with Crippen molar-refractivity contribution >= 4 is 16.7 Å². The van der Waals surface area contributed by atoms with Gasteiger partial charge in [0.15, 0.2) is 0 Å². The minimum absolute atomic E-state index is 0.221. The topological polar surface area (TPSA) is 44.8 Å². The molecule has 0 radical (unpaired) electrons. The summed E-state index contributed by atoms with van der Waals surface area (Å²) in [5.41, 5.74) is 0.779. The van der Waals surface area contributed by atoms with E-state index < -0.39 is 0 Å². The Bertz CT molecular complexity index is 794. The molecule has 1 aliphatic rings. The molecule has 0 aliphatic heterocycles. The summed E-state index contributed by atoms with van der Waals surface area (Å²) in [7, 11) is 0. The van der Waals surface area contributed by atoms with Gasteiger partial charge in [-0.3, -0.25) is 0 Å². The zero-order valence-electron chi connectivity index (χ0n) is 16.0. The number of rotatable bonds is 11. The third-order valence-corrected chi connectivity index (χ3v) is 4.74. The minimum Gasteiger partial charge on any atom is -0.493 e. The third-order valence-electron chi connectivity index (χ3n) is 4.74. The lowest BCUT2D eigenvalue weighted by atomic mass is 10.00. The van der Waals surface area contributed by atoms with Crippen LogP contribution in [0.25, 0.3) is 10.8 Å². The molecular weight excluding hydrogens is 340 g/mol. The van der Waals surface area contributed by atoms with Crippen molar-refractivity contribution in [3.05, 3.63) is 48.0 Å². The Balaban J connectivity index is 1.55. The predicted molar refractivity (Wildman–Crippen MR) is 107 cm³/mol. The molecule has 0 bridgehead atoms. The number of esters is 1. The van der Waals surface area contributed by atoms with Crippen LogP contribution in [0.15, 0.2) is 48.0 Å². The molecule has 4 nitrogen and oxygen atoms in total. The SMILES string of the molecule is CCCCCCOc1cccc2c(OCCOC(=O)C3=CCC3)cccc12. The quantitative estimate of drug-likeness (QED) is 0.391. The fourth-order valence-corrected chi connectivity index (χ4v) is 3.07. The fraction of sp³-hybridized carbons (Fsp3) is 0.435. The van der Waals surface area contributed by atoms with Crippen LogP contribution in [0.1, 0.15) is 45.4 Å². The van der Waals surface area contributed by atoms with Crippen molar-refractivity contribution in [2.75, 3.05) is 19.8 Å². The molecule has 2 aromatic rings. The zero-order chi connectivity index (χ0) is 18.9. The third kappa shape index (κ3) is 5.25. The van der Waals surface area contributed by atoms with Crippen LogP contribution in [0.3, 0.4) is 0 Å². The smallest absolute Gasteiger partial charge is 0.333 e. The van der Waals surface area contributed by atoms with Crippen LogP contribution in [-0.2, 0) is 9.53 Å². The van der Waals surface area contributed by atoms with Gasteiger partial charge in [0, 0.05) is 16.3 Å². The normalized spacial score (nSPS) is 13.0. The molecule has 0 atom stereocenters. The highest BCUT2D eigenvalue weighted by molar-refractivity contribution is 5.93. The van der Waals surface area contributed by atoms with Gasteiger partial charge in [-0.15, -0.1) is 0 Å². The highest BCUT2D eigenvalue weighted by Crippen LogP contribution is 2.32. The number of hydrogen-bond acceptors (Lipinski definition) is 4. The van der Waals surface area contributed by atoms with Crippen molar-refractivity contribution in [1.82, 2.24) is 0 Å². The van der Waals surface area contributed by atoms with Crippen LogP contribution in [0.4, 0.5) is 0 Å². The Morgan fingerprint density at radius 3 is 2.15 bits per heavy atom. The van der Waals surface area contributed by atoms with Crippen LogP contribution in [0, 0.1) is 0 Å². The lowest BCUT2D eigenvalue weighted by Gasteiger charge is -2.15. The largest absolute Gasteiger partial charge is 0.493 e. The molecule has 0 amide bonds. The number of benzene rings is 2. The van der Waals surface area contributed by atoms with E-state index in [0.717, 1.165) is 53.7 Å². The van der Waals surface area contributed by atoms with E-state index in [0.29, 0.717) is 6.61 Å². The fourth-order valence-electron chi connectivity index (χ4n) is 3.07. The van der Waals surface area contributed by atoms with Crippen LogP contribution >= 0.6 is 0 Å². The van der Waals surface area contributed by atoms with Gasteiger partial charge in [-0.25, -0.2) is 4.79 Å². The molecular formula is C23H28O4. The van der Waals surface area contributed by atoms with Gasteiger partial charge in [0.1, 0.15) is 24.7 Å². The van der Waals surface area contributed by atoms with E-state index in [9.17, 15) is 4.79 Å². The summed E-state index contributed by atoms with van der Waals surface area (Å²) in [6, 6.07) is 12.0. The summed E-state index contributed by atoms with van der Waals surface area (Å²) in [5, 5.41) is 2.05. The molecule has 0 N–H and O–H groups in total. The van der Waals surface area contributed by atoms with Crippen LogP contribution in [0.5, 0.6) is 11.5 Å². The summed E-state index contributed by atoms with van der Waals surface area (Å²) in [5.74, 6) is 1.45. The second-order valence-electron chi connectivity index (χ2n) is 6.77. The maximum absolute atomic E-state index is 11.7. The monoisotopic (exact) mass is 368 g/mol. The first-order valence-electron chi connectivity index (χ1n) is 9.93. The molecule has 0 aromatic heterocycles. The molecule has 0 fully saturated rings. The van der Waals surface area contributed by atoms with Crippen molar-refractivity contribution in [1.29, 1.82) is 0 Å². The number of carbonyl (C=O) groups is 1. The standard InChI is InChI=1S/C23H28O4/c1-2-3-4-5-15-25-21-13-7-12-20-19(21)11-8-14-22(20)26-16-17-27-23(24)18-9-6-10-18/h7-9,11-14H,2-6,10,15-17H2,1H3. The number of ether oxygens (including phenoxy) is 3. The van der Waals surface area contributed by atoms with Crippen molar-refractivity contribution in [2.45, 2.75) is 45.4 Å². The molecule has 144 valence electrons. The number of carbonyl (C=O) groups excluding carboxylic acids is 1. The molecule has 0 heterocycles. The van der Waals surface area contributed by atoms with Gasteiger partial charge in [0.2, 0.25) is 0 Å². The first kappa shape index (κ1) is 19.3. The van der Waals surface area contributed by atoms with Crippen molar-refractivity contribution in [3.8, 4) is 11.5 Å². The lowest BCUT2D eigenvalue weighted by Crippen LogP contribution is -2.16. The van der Waals surface area contributed by atoms with E-state index in [2.05, 4.69) is 6.92 Å². The van der Waals surface area contributed by atoms with Gasteiger partial charge < -0.3 is 14.2 Å². The van der Waals surface area contributed by atoms with Gasteiger partial charge in [0.25, 0.3) is 0 Å². The Kier molecular flexibility index (Phi) is 7.14. The molecule has 0 spiro atoms. The summed E-state index contributed by atoms with van der Waals surface area (Å²) in [6.45, 7) is 3.52. The average Bonchev–Trinajstić information content (AvgIpc) is 2.64. The first-order chi connectivity index (χ1) is 13.3. The molecule has 27 heavy (non-hydrogen) atoms. The Morgan fingerprint density at radius 1 is 0.889 bits per heavy atom. The molecule has 4 heteroatoms. The van der Waals surface area contributed by atoms with Crippen molar-refractivity contribution in [2.24, 2.45) is 0 Å². The van der Waals surface area contributed by atoms with Crippen LogP contribution in [0.2, 0.25) is 0 Å². The zero-order valence-corrected chi connectivity index (χ0v) is 16.0. The van der Waals surface area contributed by atoms with Gasteiger partial charge in [0.05, 0.1) is 6.61 Å². The summed E-state index contributed by atoms with van der Waals surface area (Å²) >= 11 is 0. The van der Waals surface area contributed by atoms with Crippen molar-refractivity contribution in [3.63, 3.8) is 0 Å². The van der Waals surface area contributed by atoms with Gasteiger partial charge >= 0.3 is 5.97 Å². The van der Waals surface area contributed by atoms with Crippen molar-refractivity contribution < 1.29 is 19.0 Å². The maximum atomic E-state index is 11.7. The molecule has 0 saturated heterocycles. The second kappa shape index (κ2) is 10.0. The highest BCUT2D eigenvalue weighted by Gasteiger charge is 2.16. The first-order valence-corrected chi connectivity index (χ1v) is 9.93. The Labute approximate surface area is 161 Å². The number of allylic oxidation sites excluding steroid dienone is 1. The average molecular weight is 368 g/mol. The van der Waals surface area contributed by atoms with Gasteiger partial charge in [-0.2, -0.15) is 0 Å². The summed E-state index contributed by atoms with van der Waals surface area (Å²) in [4.78, 5) is 11.7. The second-order valence-corrected chi connectivity index (χ2v) is 6.77. The van der Waals surface area contributed by atoms with Crippen LogP contribution in [-0.4, -0.2) is 25.8 Å². The minimum atomic E-state index is -0.221. The predicted octanol–water partition coefficient (Wildman–Crippen LogP) is 5.44. The molecule has 2 aromatic carbocycles. The van der Waals surface area contributed by atoms with Gasteiger partial charge in [-0.05, 0) is 31.4 Å². The van der Waals surface area contributed by atoms with E-state index in [1.165, 1.54) is 19.3 Å². The Hall–Kier alpha value is -2.49. The van der Waals surface area contributed by atoms with E-state index >= 15 is 0 Å². The number of fused-ring (bicyclic) bond motifs is 1. The molecule has 0 saturated carbocycles. The Morgan fingerprint density at radius 2 is 1.56 bits per heavy atom. The molecule has 0 unspecified atom stereocenters. The van der Waals surface area contributed by atoms with E-state index in [-0.39, 0.29) is 12.6 Å². The number of hydrogen-bond donors (Lipinski definition) is 0. The van der Waals surface area contributed by atoms with Gasteiger partial charge in [-0.1, -0.05) is 56.5 Å². The lowest BCUT2D eigenvalue weighted by molar-refractivity contribution is -0.140. The maximum Gasteiger partial charge on any atom is 0.333 e.